The molecule has 2 aliphatic rings. The predicted octanol–water partition coefficient (Wildman–Crippen LogP) is 3.35. The highest BCUT2D eigenvalue weighted by Gasteiger charge is 2.54. The van der Waals surface area contributed by atoms with Gasteiger partial charge in [0, 0.05) is 23.9 Å². The van der Waals surface area contributed by atoms with E-state index >= 15 is 0 Å². The molecule has 1 atom stereocenters. The molecule has 2 amide bonds. The van der Waals surface area contributed by atoms with Gasteiger partial charge in [0.15, 0.2) is 0 Å². The normalized spacial score (nSPS) is 19.7. The van der Waals surface area contributed by atoms with Crippen LogP contribution >= 0.6 is 23.2 Å². The Bertz CT molecular complexity index is 1190. The third-order valence-corrected chi connectivity index (χ3v) is 5.75. The highest BCUT2D eigenvalue weighted by Crippen LogP contribution is 2.50. The summed E-state index contributed by atoms with van der Waals surface area (Å²) in [4.78, 5) is 29.8. The Balaban J connectivity index is 1.65. The lowest BCUT2D eigenvalue weighted by Crippen LogP contribution is -2.43. The molecule has 0 aliphatic carbocycles. The van der Waals surface area contributed by atoms with Crippen LogP contribution in [0.5, 0.6) is 0 Å². The standard InChI is InChI=1S/C19H12Cl2FN5O2/c20-9-1-2-10(23-6-9)8-27-17-12(7-24-27)19(5-16(28)26-17)11-3-13(21)14(22)4-15(11)25-18(19)29/h1-4,6-7H,5,8H2,(H,25,29)(H,26,28). The predicted molar refractivity (Wildman–Crippen MR) is 105 cm³/mol. The lowest BCUT2D eigenvalue weighted by atomic mass is 9.72. The van der Waals surface area contributed by atoms with E-state index in [4.69, 9.17) is 23.2 Å². The summed E-state index contributed by atoms with van der Waals surface area (Å²) in [7, 11) is 0. The number of fused-ring (bicyclic) bond motifs is 4. The molecule has 1 spiro atoms. The number of carbonyl (C=O) groups is 2. The number of hydrogen-bond acceptors (Lipinski definition) is 4. The molecule has 4 heterocycles. The van der Waals surface area contributed by atoms with Crippen molar-refractivity contribution in [1.29, 1.82) is 0 Å². The zero-order valence-electron chi connectivity index (χ0n) is 14.7. The monoisotopic (exact) mass is 431 g/mol. The average molecular weight is 432 g/mol. The molecule has 0 radical (unpaired) electrons. The molecule has 0 bridgehead atoms. The van der Waals surface area contributed by atoms with E-state index in [2.05, 4.69) is 20.7 Å². The molecule has 2 aromatic heterocycles. The van der Waals surface area contributed by atoms with Gasteiger partial charge in [-0.1, -0.05) is 23.2 Å². The third kappa shape index (κ3) is 2.63. The Hall–Kier alpha value is -2.97. The minimum Gasteiger partial charge on any atom is -0.325 e. The smallest absolute Gasteiger partial charge is 0.240 e. The van der Waals surface area contributed by atoms with E-state index < -0.39 is 17.1 Å². The van der Waals surface area contributed by atoms with Crippen molar-refractivity contribution in [2.24, 2.45) is 0 Å². The summed E-state index contributed by atoms with van der Waals surface area (Å²) in [5, 5.41) is 10.2. The summed E-state index contributed by atoms with van der Waals surface area (Å²) in [6.45, 7) is 0.265. The number of carbonyl (C=O) groups excluding carboxylic acids is 2. The first kappa shape index (κ1) is 18.1. The minimum absolute atomic E-state index is 0.120. The van der Waals surface area contributed by atoms with E-state index in [0.29, 0.717) is 33.3 Å². The van der Waals surface area contributed by atoms with E-state index in [-0.39, 0.29) is 23.9 Å². The Labute approximate surface area is 173 Å². The van der Waals surface area contributed by atoms with Crippen LogP contribution in [0.2, 0.25) is 10.0 Å². The molecule has 29 heavy (non-hydrogen) atoms. The molecule has 3 aromatic rings. The van der Waals surface area contributed by atoms with Gasteiger partial charge in [-0.25, -0.2) is 9.07 Å². The number of aromatic nitrogens is 3. The molecule has 0 saturated heterocycles. The van der Waals surface area contributed by atoms with Crippen molar-refractivity contribution < 1.29 is 14.0 Å². The van der Waals surface area contributed by atoms with Gasteiger partial charge in [-0.05, 0) is 29.8 Å². The van der Waals surface area contributed by atoms with E-state index in [9.17, 15) is 14.0 Å². The Morgan fingerprint density at radius 1 is 1.14 bits per heavy atom. The number of halogens is 3. The van der Waals surface area contributed by atoms with E-state index in [1.165, 1.54) is 24.5 Å². The number of nitrogens with one attached hydrogen (secondary N) is 2. The summed E-state index contributed by atoms with van der Waals surface area (Å²) >= 11 is 11.9. The van der Waals surface area contributed by atoms with Crippen LogP contribution in [-0.4, -0.2) is 26.6 Å². The quantitative estimate of drug-likeness (QED) is 0.650. The van der Waals surface area contributed by atoms with Crippen LogP contribution < -0.4 is 10.6 Å². The first-order valence-electron chi connectivity index (χ1n) is 8.66. The fourth-order valence-corrected chi connectivity index (χ4v) is 4.19. The number of hydrogen-bond donors (Lipinski definition) is 2. The summed E-state index contributed by atoms with van der Waals surface area (Å²) in [5.74, 6) is -1.03. The van der Waals surface area contributed by atoms with Gasteiger partial charge in [-0.3, -0.25) is 14.6 Å². The van der Waals surface area contributed by atoms with Crippen molar-refractivity contribution in [2.45, 2.75) is 18.4 Å². The maximum absolute atomic E-state index is 13.9. The van der Waals surface area contributed by atoms with Crippen LogP contribution in [0.25, 0.3) is 0 Å². The summed E-state index contributed by atoms with van der Waals surface area (Å²) < 4.78 is 15.5. The molecule has 5 rings (SSSR count). The third-order valence-electron chi connectivity index (χ3n) is 5.24. The largest absolute Gasteiger partial charge is 0.325 e. The lowest BCUT2D eigenvalue weighted by molar-refractivity contribution is -0.125. The average Bonchev–Trinajstić information content (AvgIpc) is 3.18. The van der Waals surface area contributed by atoms with E-state index in [0.717, 1.165) is 0 Å². The van der Waals surface area contributed by atoms with Crippen molar-refractivity contribution in [1.82, 2.24) is 14.8 Å². The first-order chi connectivity index (χ1) is 13.9. The molecule has 1 unspecified atom stereocenters. The van der Waals surface area contributed by atoms with Gasteiger partial charge >= 0.3 is 0 Å². The highest BCUT2D eigenvalue weighted by atomic mass is 35.5. The molecule has 7 nitrogen and oxygen atoms in total. The molecule has 0 fully saturated rings. The number of pyridine rings is 1. The first-order valence-corrected chi connectivity index (χ1v) is 9.41. The molecule has 2 N–H and O–H groups in total. The van der Waals surface area contributed by atoms with Gasteiger partial charge in [-0.2, -0.15) is 5.10 Å². The molecule has 0 saturated carbocycles. The second-order valence-electron chi connectivity index (χ2n) is 6.93. The molecule has 10 heteroatoms. The van der Waals surface area contributed by atoms with E-state index in [1.807, 2.05) is 0 Å². The Kier molecular flexibility index (Phi) is 3.91. The fraction of sp³-hybridized carbons (Fsp3) is 0.158. The summed E-state index contributed by atoms with van der Waals surface area (Å²) in [5.41, 5.74) is 0.620. The molecule has 146 valence electrons. The Morgan fingerprint density at radius 2 is 1.97 bits per heavy atom. The fourth-order valence-electron chi connectivity index (χ4n) is 3.91. The number of amides is 2. The van der Waals surface area contributed by atoms with Crippen LogP contribution in [0.1, 0.15) is 23.2 Å². The second-order valence-corrected chi connectivity index (χ2v) is 7.77. The van der Waals surface area contributed by atoms with Gasteiger partial charge in [0.1, 0.15) is 17.1 Å². The van der Waals surface area contributed by atoms with Crippen molar-refractivity contribution in [2.75, 3.05) is 10.6 Å². The zero-order valence-corrected chi connectivity index (χ0v) is 16.2. The number of nitrogens with zero attached hydrogens (tertiary/aromatic N) is 3. The molecule has 1 aromatic carbocycles. The maximum atomic E-state index is 13.9. The topological polar surface area (TPSA) is 88.9 Å². The van der Waals surface area contributed by atoms with Gasteiger partial charge in [-0.15, -0.1) is 0 Å². The maximum Gasteiger partial charge on any atom is 0.240 e. The zero-order chi connectivity index (χ0) is 20.3. The summed E-state index contributed by atoms with van der Waals surface area (Å²) in [6, 6.07) is 6.01. The highest BCUT2D eigenvalue weighted by molar-refractivity contribution is 6.31. The minimum atomic E-state index is -1.32. The molecular weight excluding hydrogens is 420 g/mol. The van der Waals surface area contributed by atoms with Gasteiger partial charge in [0.05, 0.1) is 28.5 Å². The lowest BCUT2D eigenvalue weighted by Gasteiger charge is -2.31. The van der Waals surface area contributed by atoms with Crippen molar-refractivity contribution in [3.63, 3.8) is 0 Å². The van der Waals surface area contributed by atoms with Crippen LogP contribution in [-0.2, 0) is 21.5 Å². The van der Waals surface area contributed by atoms with Crippen LogP contribution in [0.4, 0.5) is 15.9 Å². The van der Waals surface area contributed by atoms with Crippen molar-refractivity contribution in [3.8, 4) is 0 Å². The number of benzene rings is 1. The number of rotatable bonds is 2. The SMILES string of the molecule is O=C1CC2(C(=O)Nc3cc(F)c(Cl)cc32)c2cnn(Cc3ccc(Cl)cn3)c2N1. The van der Waals surface area contributed by atoms with Crippen molar-refractivity contribution in [3.05, 3.63) is 69.3 Å². The second kappa shape index (κ2) is 6.27. The van der Waals surface area contributed by atoms with Crippen LogP contribution in [0.3, 0.4) is 0 Å². The van der Waals surface area contributed by atoms with Crippen LogP contribution in [0, 0.1) is 5.82 Å². The number of anilines is 2. The Morgan fingerprint density at radius 3 is 2.72 bits per heavy atom. The van der Waals surface area contributed by atoms with Gasteiger partial charge in [0.25, 0.3) is 0 Å². The van der Waals surface area contributed by atoms with Crippen molar-refractivity contribution >= 4 is 46.5 Å². The van der Waals surface area contributed by atoms with E-state index in [1.54, 1.807) is 16.8 Å². The summed E-state index contributed by atoms with van der Waals surface area (Å²) in [6.07, 6.45) is 2.92. The van der Waals surface area contributed by atoms with Gasteiger partial charge in [0.2, 0.25) is 11.8 Å². The molecular formula is C19H12Cl2FN5O2. The van der Waals surface area contributed by atoms with Gasteiger partial charge < -0.3 is 10.6 Å². The molecule has 2 aliphatic heterocycles. The van der Waals surface area contributed by atoms with Crippen LogP contribution in [0.15, 0.2) is 36.7 Å².